The Bertz CT molecular complexity index is 411. The first-order chi connectivity index (χ1) is 8.07. The quantitative estimate of drug-likeness (QED) is 0.831. The first-order valence-corrected chi connectivity index (χ1v) is 6.16. The van der Waals surface area contributed by atoms with E-state index in [-0.39, 0.29) is 0 Å². The first-order valence-electron chi connectivity index (χ1n) is 5.78. The van der Waals surface area contributed by atoms with Crippen molar-refractivity contribution in [3.05, 3.63) is 28.3 Å². The second-order valence-corrected chi connectivity index (χ2v) is 4.58. The predicted molar refractivity (Wildman–Crippen MR) is 66.6 cm³/mol. The smallest absolute Gasteiger partial charge is 0.195 e. The van der Waals surface area contributed by atoms with Crippen molar-refractivity contribution in [3.8, 4) is 5.75 Å². The summed E-state index contributed by atoms with van der Waals surface area (Å²) in [6.07, 6.45) is 0. The summed E-state index contributed by atoms with van der Waals surface area (Å²) in [7, 11) is 0. The molecule has 0 unspecified atom stereocenters. The second-order valence-electron chi connectivity index (χ2n) is 4.17. The van der Waals surface area contributed by atoms with E-state index in [1.807, 2.05) is 32.9 Å². The van der Waals surface area contributed by atoms with Gasteiger partial charge in [0.15, 0.2) is 5.79 Å². The van der Waals surface area contributed by atoms with Gasteiger partial charge in [-0.25, -0.2) is 0 Å². The van der Waals surface area contributed by atoms with Crippen LogP contribution in [0, 0.1) is 6.92 Å². The third-order valence-corrected chi connectivity index (χ3v) is 3.30. The van der Waals surface area contributed by atoms with E-state index in [1.165, 1.54) is 0 Å². The Morgan fingerprint density at radius 3 is 2.59 bits per heavy atom. The molecule has 0 aromatic heterocycles. The highest BCUT2D eigenvalue weighted by Gasteiger charge is 2.36. The Kier molecular flexibility index (Phi) is 3.61. The molecular formula is C13H17ClO3. The van der Waals surface area contributed by atoms with E-state index in [0.717, 1.165) is 16.9 Å². The maximum Gasteiger partial charge on any atom is 0.195 e. The summed E-state index contributed by atoms with van der Waals surface area (Å²) in [4.78, 5) is 0. The van der Waals surface area contributed by atoms with E-state index in [2.05, 4.69) is 0 Å². The lowest BCUT2D eigenvalue weighted by Gasteiger charge is -2.25. The van der Waals surface area contributed by atoms with Crippen molar-refractivity contribution in [2.45, 2.75) is 26.6 Å². The zero-order valence-electron chi connectivity index (χ0n) is 10.4. The first kappa shape index (κ1) is 12.7. The molecule has 0 spiro atoms. The zero-order valence-corrected chi connectivity index (χ0v) is 11.1. The van der Waals surface area contributed by atoms with Crippen LogP contribution in [0.2, 0.25) is 5.02 Å². The minimum Gasteiger partial charge on any atom is -0.493 e. The average molecular weight is 257 g/mol. The van der Waals surface area contributed by atoms with Crippen LogP contribution in [-0.4, -0.2) is 19.8 Å². The van der Waals surface area contributed by atoms with Crippen LogP contribution in [0.3, 0.4) is 0 Å². The van der Waals surface area contributed by atoms with Gasteiger partial charge in [-0.3, -0.25) is 0 Å². The van der Waals surface area contributed by atoms with Crippen LogP contribution in [-0.2, 0) is 15.3 Å². The number of aryl methyl sites for hydroxylation is 1. The Balaban J connectivity index is 2.46. The summed E-state index contributed by atoms with van der Waals surface area (Å²) in [5.74, 6) is 0.0285. The minimum absolute atomic E-state index is 0.591. The molecule has 1 fully saturated rings. The van der Waals surface area contributed by atoms with E-state index in [4.69, 9.17) is 25.8 Å². The van der Waals surface area contributed by atoms with Crippen molar-refractivity contribution in [2.75, 3.05) is 19.8 Å². The molecule has 0 saturated carbocycles. The second kappa shape index (κ2) is 4.84. The molecule has 1 aliphatic heterocycles. The summed E-state index contributed by atoms with van der Waals surface area (Å²) < 4.78 is 16.9. The summed E-state index contributed by atoms with van der Waals surface area (Å²) in [6, 6.07) is 3.80. The maximum atomic E-state index is 6.16. The van der Waals surface area contributed by atoms with Gasteiger partial charge >= 0.3 is 0 Å². The van der Waals surface area contributed by atoms with Crippen LogP contribution in [0.1, 0.15) is 25.0 Å². The van der Waals surface area contributed by atoms with Gasteiger partial charge in [0.2, 0.25) is 0 Å². The van der Waals surface area contributed by atoms with Crippen LogP contribution in [0.5, 0.6) is 5.75 Å². The fourth-order valence-electron chi connectivity index (χ4n) is 1.95. The maximum absolute atomic E-state index is 6.16. The number of hydrogen-bond acceptors (Lipinski definition) is 3. The Hall–Kier alpha value is -0.770. The Morgan fingerprint density at radius 1 is 1.35 bits per heavy atom. The number of hydrogen-bond donors (Lipinski definition) is 0. The molecule has 4 heteroatoms. The summed E-state index contributed by atoms with van der Waals surface area (Å²) in [5, 5.41) is 0.698. The molecule has 0 radical (unpaired) electrons. The van der Waals surface area contributed by atoms with Gasteiger partial charge in [0.25, 0.3) is 0 Å². The molecule has 17 heavy (non-hydrogen) atoms. The highest BCUT2D eigenvalue weighted by Crippen LogP contribution is 2.39. The van der Waals surface area contributed by atoms with Crippen molar-refractivity contribution >= 4 is 11.6 Å². The van der Waals surface area contributed by atoms with Crippen LogP contribution in [0.15, 0.2) is 12.1 Å². The molecule has 0 amide bonds. The van der Waals surface area contributed by atoms with Gasteiger partial charge in [-0.15, -0.1) is 0 Å². The number of rotatable bonds is 3. The molecule has 94 valence electrons. The van der Waals surface area contributed by atoms with Gasteiger partial charge in [-0.2, -0.15) is 0 Å². The van der Waals surface area contributed by atoms with Crippen molar-refractivity contribution in [2.24, 2.45) is 0 Å². The molecule has 1 saturated heterocycles. The van der Waals surface area contributed by atoms with E-state index < -0.39 is 5.79 Å². The van der Waals surface area contributed by atoms with Gasteiger partial charge < -0.3 is 14.2 Å². The third kappa shape index (κ3) is 2.41. The molecule has 1 aromatic rings. The molecule has 1 heterocycles. The highest BCUT2D eigenvalue weighted by molar-refractivity contribution is 6.31. The third-order valence-electron chi connectivity index (χ3n) is 2.89. The average Bonchev–Trinajstić information content (AvgIpc) is 2.72. The largest absolute Gasteiger partial charge is 0.493 e. The SMILES string of the molecule is CCOc1cc(C)c(Cl)cc1C1(C)OCCO1. The topological polar surface area (TPSA) is 27.7 Å². The van der Waals surface area contributed by atoms with Gasteiger partial charge in [0.1, 0.15) is 5.75 Å². The normalized spacial score (nSPS) is 18.4. The summed E-state index contributed by atoms with van der Waals surface area (Å²) in [6.45, 7) is 7.58. The van der Waals surface area contributed by atoms with Gasteiger partial charge in [0.05, 0.1) is 25.4 Å². The van der Waals surface area contributed by atoms with Gasteiger partial charge in [0, 0.05) is 5.02 Å². The fourth-order valence-corrected chi connectivity index (χ4v) is 2.12. The molecular weight excluding hydrogens is 240 g/mol. The van der Waals surface area contributed by atoms with Crippen molar-refractivity contribution in [1.82, 2.24) is 0 Å². The van der Waals surface area contributed by atoms with Crippen LogP contribution in [0.25, 0.3) is 0 Å². The van der Waals surface area contributed by atoms with E-state index in [0.29, 0.717) is 24.8 Å². The van der Waals surface area contributed by atoms with Crippen molar-refractivity contribution < 1.29 is 14.2 Å². The van der Waals surface area contributed by atoms with Crippen LogP contribution < -0.4 is 4.74 Å². The molecule has 2 rings (SSSR count). The molecule has 3 nitrogen and oxygen atoms in total. The minimum atomic E-state index is -0.748. The zero-order chi connectivity index (χ0) is 12.5. The highest BCUT2D eigenvalue weighted by atomic mass is 35.5. The number of halogens is 1. The molecule has 0 bridgehead atoms. The lowest BCUT2D eigenvalue weighted by atomic mass is 10.0. The number of ether oxygens (including phenoxy) is 3. The lowest BCUT2D eigenvalue weighted by molar-refractivity contribution is -0.150. The molecule has 0 N–H and O–H groups in total. The predicted octanol–water partition coefficient (Wildman–Crippen LogP) is 3.27. The fraction of sp³-hybridized carbons (Fsp3) is 0.538. The molecule has 0 aliphatic carbocycles. The van der Waals surface area contributed by atoms with Crippen molar-refractivity contribution in [3.63, 3.8) is 0 Å². The summed E-state index contributed by atoms with van der Waals surface area (Å²) in [5.41, 5.74) is 1.84. The molecule has 1 aromatic carbocycles. The standard InChI is InChI=1S/C13H17ClO3/c1-4-15-12-7-9(2)11(14)8-10(12)13(3)16-5-6-17-13/h7-8H,4-6H2,1-3H3. The number of benzene rings is 1. The Morgan fingerprint density at radius 2 is 2.00 bits per heavy atom. The van der Waals surface area contributed by atoms with Crippen LogP contribution >= 0.6 is 11.6 Å². The Labute approximate surface area is 107 Å². The van der Waals surface area contributed by atoms with Gasteiger partial charge in [-0.05, 0) is 38.5 Å². The lowest BCUT2D eigenvalue weighted by Crippen LogP contribution is -2.23. The summed E-state index contributed by atoms with van der Waals surface area (Å²) >= 11 is 6.16. The van der Waals surface area contributed by atoms with Crippen molar-refractivity contribution in [1.29, 1.82) is 0 Å². The molecule has 0 atom stereocenters. The monoisotopic (exact) mass is 256 g/mol. The van der Waals surface area contributed by atoms with E-state index in [1.54, 1.807) is 0 Å². The van der Waals surface area contributed by atoms with Gasteiger partial charge in [-0.1, -0.05) is 11.6 Å². The van der Waals surface area contributed by atoms with Crippen LogP contribution in [0.4, 0.5) is 0 Å². The molecule has 1 aliphatic rings. The van der Waals surface area contributed by atoms with E-state index >= 15 is 0 Å². The van der Waals surface area contributed by atoms with E-state index in [9.17, 15) is 0 Å².